The quantitative estimate of drug-likeness (QED) is 0.792. The number of hydrogen-bond donors (Lipinski definition) is 2. The van der Waals surface area contributed by atoms with E-state index >= 15 is 0 Å². The van der Waals surface area contributed by atoms with Crippen molar-refractivity contribution in [2.24, 2.45) is 0 Å². The second-order valence-corrected chi connectivity index (χ2v) is 3.17. The van der Waals surface area contributed by atoms with Gasteiger partial charge in [0.2, 0.25) is 0 Å². The van der Waals surface area contributed by atoms with E-state index in [4.69, 9.17) is 0 Å². The Morgan fingerprint density at radius 2 is 2.54 bits per heavy atom. The average Bonchev–Trinajstić information content (AvgIpc) is 2.13. The Morgan fingerprint density at radius 1 is 1.77 bits per heavy atom. The van der Waals surface area contributed by atoms with Crippen LogP contribution in [-0.4, -0.2) is 16.7 Å². The predicted molar refractivity (Wildman–Crippen MR) is 55.9 cm³/mol. The fourth-order valence-corrected chi connectivity index (χ4v) is 1.12. The fourth-order valence-electron chi connectivity index (χ4n) is 0.793. The molecule has 0 aromatic carbocycles. The fraction of sp³-hybridized carbons (Fsp3) is 0.250. The highest BCUT2D eigenvalue weighted by Crippen LogP contribution is 2.14. The molecule has 1 aromatic heterocycles. The van der Waals surface area contributed by atoms with Gasteiger partial charge in [-0.2, -0.15) is 5.10 Å². The van der Waals surface area contributed by atoms with Crippen molar-refractivity contribution in [2.75, 3.05) is 11.9 Å². The summed E-state index contributed by atoms with van der Waals surface area (Å²) in [6, 6.07) is 0. The molecule has 2 N–H and O–H groups in total. The maximum absolute atomic E-state index is 11.0. The van der Waals surface area contributed by atoms with Crippen LogP contribution in [0, 0.1) is 0 Å². The zero-order valence-corrected chi connectivity index (χ0v) is 8.76. The van der Waals surface area contributed by atoms with Crippen molar-refractivity contribution in [3.05, 3.63) is 33.2 Å². The lowest BCUT2D eigenvalue weighted by atomic mass is 10.4. The summed E-state index contributed by atoms with van der Waals surface area (Å²) in [5.74, 6) is 0. The Bertz CT molecular complexity index is 359. The topological polar surface area (TPSA) is 57.8 Å². The summed E-state index contributed by atoms with van der Waals surface area (Å²) in [5, 5.41) is 9.03. The molecule has 13 heavy (non-hydrogen) atoms. The minimum atomic E-state index is -0.231. The Balaban J connectivity index is 2.77. The summed E-state index contributed by atoms with van der Waals surface area (Å²) in [6.07, 6.45) is 5.45. The van der Waals surface area contributed by atoms with Crippen LogP contribution in [0.4, 0.5) is 5.69 Å². The van der Waals surface area contributed by atoms with Crippen molar-refractivity contribution in [3.8, 4) is 0 Å². The first-order valence-electron chi connectivity index (χ1n) is 3.84. The zero-order chi connectivity index (χ0) is 9.68. The number of anilines is 1. The van der Waals surface area contributed by atoms with Gasteiger partial charge >= 0.3 is 0 Å². The van der Waals surface area contributed by atoms with Crippen molar-refractivity contribution in [3.63, 3.8) is 0 Å². The molecule has 0 aliphatic heterocycles. The van der Waals surface area contributed by atoms with Crippen LogP contribution in [0.2, 0.25) is 0 Å². The second kappa shape index (κ2) is 4.81. The minimum absolute atomic E-state index is 0.231. The average molecular weight is 244 g/mol. The molecule has 0 bridgehead atoms. The Kier molecular flexibility index (Phi) is 3.70. The molecular formula is C8H10BrN3O. The Morgan fingerprint density at radius 3 is 3.23 bits per heavy atom. The lowest BCUT2D eigenvalue weighted by Gasteiger charge is -2.02. The van der Waals surface area contributed by atoms with Crippen LogP contribution in [0.1, 0.15) is 6.92 Å². The van der Waals surface area contributed by atoms with Crippen molar-refractivity contribution in [1.29, 1.82) is 0 Å². The Labute approximate surface area is 84.2 Å². The van der Waals surface area contributed by atoms with Crippen LogP contribution >= 0.6 is 15.9 Å². The van der Waals surface area contributed by atoms with E-state index < -0.39 is 0 Å². The van der Waals surface area contributed by atoms with Crippen LogP contribution in [0.3, 0.4) is 0 Å². The number of aromatic amines is 1. The van der Waals surface area contributed by atoms with E-state index in [1.54, 1.807) is 6.20 Å². The second-order valence-electron chi connectivity index (χ2n) is 2.38. The van der Waals surface area contributed by atoms with Gasteiger partial charge < -0.3 is 5.32 Å². The molecule has 4 nitrogen and oxygen atoms in total. The monoisotopic (exact) mass is 243 g/mol. The first-order valence-corrected chi connectivity index (χ1v) is 4.63. The molecule has 0 radical (unpaired) electrons. The van der Waals surface area contributed by atoms with Crippen molar-refractivity contribution >= 4 is 21.6 Å². The van der Waals surface area contributed by atoms with E-state index in [9.17, 15) is 4.79 Å². The number of H-pyrrole nitrogens is 1. The highest BCUT2D eigenvalue weighted by molar-refractivity contribution is 9.10. The number of hydrogen-bond acceptors (Lipinski definition) is 3. The van der Waals surface area contributed by atoms with Crippen LogP contribution in [0.15, 0.2) is 27.6 Å². The molecule has 1 aromatic rings. The molecule has 0 aliphatic carbocycles. The van der Waals surface area contributed by atoms with Gasteiger partial charge in [-0.1, -0.05) is 12.2 Å². The van der Waals surface area contributed by atoms with Gasteiger partial charge in [-0.3, -0.25) is 4.79 Å². The normalized spacial score (nSPS) is 10.6. The molecule has 0 saturated heterocycles. The summed E-state index contributed by atoms with van der Waals surface area (Å²) in [7, 11) is 0. The van der Waals surface area contributed by atoms with Gasteiger partial charge in [-0.15, -0.1) is 0 Å². The zero-order valence-electron chi connectivity index (χ0n) is 7.17. The predicted octanol–water partition coefficient (Wildman–Crippen LogP) is 1.52. The molecule has 0 unspecified atom stereocenters. The van der Waals surface area contributed by atoms with Crippen molar-refractivity contribution < 1.29 is 0 Å². The summed E-state index contributed by atoms with van der Waals surface area (Å²) >= 11 is 3.16. The molecule has 0 amide bonds. The summed E-state index contributed by atoms with van der Waals surface area (Å²) in [6.45, 7) is 2.62. The third-order valence-corrected chi connectivity index (χ3v) is 2.23. The molecule has 0 saturated carbocycles. The van der Waals surface area contributed by atoms with Gasteiger partial charge in [0.15, 0.2) is 0 Å². The molecular weight excluding hydrogens is 234 g/mol. The van der Waals surface area contributed by atoms with Crippen LogP contribution in [0.25, 0.3) is 0 Å². The maximum Gasteiger partial charge on any atom is 0.280 e. The minimum Gasteiger partial charge on any atom is -0.379 e. The van der Waals surface area contributed by atoms with Crippen molar-refractivity contribution in [2.45, 2.75) is 6.92 Å². The maximum atomic E-state index is 11.0. The summed E-state index contributed by atoms with van der Waals surface area (Å²) in [4.78, 5) is 11.0. The first-order chi connectivity index (χ1) is 6.25. The number of nitrogens with one attached hydrogen (secondary N) is 2. The summed E-state index contributed by atoms with van der Waals surface area (Å²) in [5.41, 5.74) is 0.465. The van der Waals surface area contributed by atoms with Gasteiger partial charge in [0.05, 0.1) is 11.9 Å². The number of rotatable bonds is 3. The van der Waals surface area contributed by atoms with Gasteiger partial charge in [-0.05, 0) is 22.9 Å². The molecule has 0 atom stereocenters. The molecule has 1 heterocycles. The molecule has 5 heteroatoms. The van der Waals surface area contributed by atoms with E-state index in [1.165, 1.54) is 0 Å². The van der Waals surface area contributed by atoms with E-state index in [-0.39, 0.29) is 5.56 Å². The number of aromatic nitrogens is 2. The van der Waals surface area contributed by atoms with E-state index in [0.717, 1.165) is 0 Å². The third kappa shape index (κ3) is 2.69. The highest BCUT2D eigenvalue weighted by atomic mass is 79.9. The van der Waals surface area contributed by atoms with Gasteiger partial charge in [-0.25, -0.2) is 5.10 Å². The van der Waals surface area contributed by atoms with E-state index in [2.05, 4.69) is 31.4 Å². The van der Waals surface area contributed by atoms with Crippen LogP contribution < -0.4 is 10.9 Å². The standard InChI is InChI=1S/C8H10BrN3O/c1-2-3-4-10-6-5-11-12-8(13)7(6)9/h2-3,5H,4H2,1H3,(H2,10,12,13)/b3-2+. The number of allylic oxidation sites excluding steroid dienone is 1. The van der Waals surface area contributed by atoms with Gasteiger partial charge in [0, 0.05) is 6.54 Å². The van der Waals surface area contributed by atoms with E-state index in [0.29, 0.717) is 16.7 Å². The lowest BCUT2D eigenvalue weighted by Crippen LogP contribution is -2.12. The smallest absolute Gasteiger partial charge is 0.280 e. The van der Waals surface area contributed by atoms with Gasteiger partial charge in [0.1, 0.15) is 4.47 Å². The van der Waals surface area contributed by atoms with Gasteiger partial charge in [0.25, 0.3) is 5.56 Å². The molecule has 70 valence electrons. The molecule has 1 rings (SSSR count). The SMILES string of the molecule is C/C=C/CNc1cn[nH]c(=O)c1Br. The van der Waals surface area contributed by atoms with Crippen LogP contribution in [0.5, 0.6) is 0 Å². The lowest BCUT2D eigenvalue weighted by molar-refractivity contribution is 0.977. The third-order valence-electron chi connectivity index (χ3n) is 1.44. The number of nitrogens with zero attached hydrogens (tertiary/aromatic N) is 1. The Hall–Kier alpha value is -1.10. The van der Waals surface area contributed by atoms with Crippen LogP contribution in [-0.2, 0) is 0 Å². The highest BCUT2D eigenvalue weighted by Gasteiger charge is 2.01. The molecule has 0 spiro atoms. The largest absolute Gasteiger partial charge is 0.379 e. The molecule has 0 aliphatic rings. The van der Waals surface area contributed by atoms with Crippen molar-refractivity contribution in [1.82, 2.24) is 10.2 Å². The number of halogens is 1. The molecule has 0 fully saturated rings. The first kappa shape index (κ1) is 9.98. The summed E-state index contributed by atoms with van der Waals surface area (Å²) < 4.78 is 0.479. The van der Waals surface area contributed by atoms with E-state index in [1.807, 2.05) is 19.1 Å².